The van der Waals surface area contributed by atoms with Gasteiger partial charge in [0.25, 0.3) is 11.8 Å². The molecule has 3 rings (SSSR count). The second kappa shape index (κ2) is 9.10. The topological polar surface area (TPSA) is 75.2 Å². The van der Waals surface area contributed by atoms with Crippen LogP contribution in [0.3, 0.4) is 0 Å². The van der Waals surface area contributed by atoms with Crippen molar-refractivity contribution in [3.63, 3.8) is 0 Å². The number of aryl methyl sites for hydroxylation is 2. The molecule has 0 aliphatic heterocycles. The average molecular weight is 388 g/mol. The van der Waals surface area contributed by atoms with Gasteiger partial charge in [0.2, 0.25) is 0 Å². The van der Waals surface area contributed by atoms with Crippen molar-refractivity contribution in [3.8, 4) is 0 Å². The average Bonchev–Trinajstić information content (AvgIpc) is 2.75. The molecule has 0 radical (unpaired) electrons. The van der Waals surface area contributed by atoms with E-state index in [9.17, 15) is 9.59 Å². The van der Waals surface area contributed by atoms with Gasteiger partial charge in [0.1, 0.15) is 0 Å². The molecule has 0 fully saturated rings. The highest BCUT2D eigenvalue weighted by Gasteiger charge is 2.15. The van der Waals surface area contributed by atoms with Crippen molar-refractivity contribution < 1.29 is 9.59 Å². The monoisotopic (exact) mass is 388 g/mol. The molecule has 2 heterocycles. The number of likely N-dealkylation sites (N-methyl/N-ethyl adjacent to an activating group) is 1. The molecule has 0 atom stereocenters. The maximum atomic E-state index is 12.7. The van der Waals surface area contributed by atoms with Crippen LogP contribution < -0.4 is 5.32 Å². The number of rotatable bonds is 6. The van der Waals surface area contributed by atoms with Crippen molar-refractivity contribution in [1.82, 2.24) is 14.9 Å². The number of amides is 2. The zero-order chi connectivity index (χ0) is 20.8. The van der Waals surface area contributed by atoms with Crippen molar-refractivity contribution in [2.24, 2.45) is 0 Å². The van der Waals surface area contributed by atoms with Gasteiger partial charge >= 0.3 is 0 Å². The fraction of sp³-hybridized carbons (Fsp3) is 0.217. The molecule has 6 heteroatoms. The van der Waals surface area contributed by atoms with Crippen molar-refractivity contribution in [1.29, 1.82) is 0 Å². The Bertz CT molecular complexity index is 1020. The van der Waals surface area contributed by atoms with Gasteiger partial charge in [0.05, 0.1) is 11.1 Å². The third-order valence-corrected chi connectivity index (χ3v) is 4.72. The van der Waals surface area contributed by atoms with Gasteiger partial charge in [-0.1, -0.05) is 12.1 Å². The van der Waals surface area contributed by atoms with Crippen LogP contribution in [0.25, 0.3) is 0 Å². The van der Waals surface area contributed by atoms with E-state index >= 15 is 0 Å². The Kier molecular flexibility index (Phi) is 6.34. The minimum absolute atomic E-state index is 0.173. The Hall–Kier alpha value is -3.54. The number of anilines is 1. The summed E-state index contributed by atoms with van der Waals surface area (Å²) < 4.78 is 0. The molecule has 0 spiro atoms. The van der Waals surface area contributed by atoms with E-state index in [1.54, 1.807) is 30.4 Å². The van der Waals surface area contributed by atoms with E-state index < -0.39 is 0 Å². The lowest BCUT2D eigenvalue weighted by atomic mass is 10.1. The molecule has 0 aliphatic rings. The third-order valence-electron chi connectivity index (χ3n) is 4.72. The number of aromatic nitrogens is 2. The summed E-state index contributed by atoms with van der Waals surface area (Å²) in [6, 6.07) is 11.3. The summed E-state index contributed by atoms with van der Waals surface area (Å²) in [6.07, 6.45) is 7.15. The van der Waals surface area contributed by atoms with Crippen LogP contribution >= 0.6 is 0 Å². The predicted molar refractivity (Wildman–Crippen MR) is 113 cm³/mol. The highest BCUT2D eigenvalue weighted by Crippen LogP contribution is 2.18. The number of benzene rings is 1. The van der Waals surface area contributed by atoms with E-state index in [0.717, 1.165) is 28.8 Å². The summed E-state index contributed by atoms with van der Waals surface area (Å²) in [5.74, 6) is -0.465. The molecule has 148 valence electrons. The quantitative estimate of drug-likeness (QED) is 0.699. The largest absolute Gasteiger partial charge is 0.341 e. The molecule has 1 N–H and O–H groups in total. The van der Waals surface area contributed by atoms with Gasteiger partial charge in [0, 0.05) is 44.1 Å². The number of hydrogen-bond acceptors (Lipinski definition) is 4. The van der Waals surface area contributed by atoms with E-state index in [0.29, 0.717) is 17.7 Å². The Morgan fingerprint density at radius 3 is 2.45 bits per heavy atom. The molecule has 0 saturated heterocycles. The number of carbonyl (C=O) groups is 2. The van der Waals surface area contributed by atoms with Gasteiger partial charge in [-0.3, -0.25) is 19.6 Å². The van der Waals surface area contributed by atoms with Crippen LogP contribution in [0.2, 0.25) is 0 Å². The van der Waals surface area contributed by atoms with E-state index in [2.05, 4.69) is 15.3 Å². The highest BCUT2D eigenvalue weighted by molar-refractivity contribution is 6.06. The molecular formula is C23H24N4O2. The van der Waals surface area contributed by atoms with Gasteiger partial charge in [-0.25, -0.2) is 0 Å². The number of pyridine rings is 2. The Balaban J connectivity index is 1.68. The number of nitrogens with zero attached hydrogens (tertiary/aromatic N) is 3. The first-order valence-electron chi connectivity index (χ1n) is 9.42. The molecule has 0 aliphatic carbocycles. The molecule has 0 saturated carbocycles. The minimum Gasteiger partial charge on any atom is -0.341 e. The molecule has 29 heavy (non-hydrogen) atoms. The molecule has 2 amide bonds. The first-order valence-corrected chi connectivity index (χ1v) is 9.42. The van der Waals surface area contributed by atoms with E-state index in [1.165, 1.54) is 12.4 Å². The fourth-order valence-corrected chi connectivity index (χ4v) is 2.91. The maximum absolute atomic E-state index is 12.7. The Morgan fingerprint density at radius 2 is 1.69 bits per heavy atom. The van der Waals surface area contributed by atoms with E-state index in [1.807, 2.05) is 44.2 Å². The zero-order valence-electron chi connectivity index (χ0n) is 16.8. The summed E-state index contributed by atoms with van der Waals surface area (Å²) in [4.78, 5) is 35.1. The molecule has 0 bridgehead atoms. The molecule has 1 aromatic carbocycles. The molecule has 2 aromatic heterocycles. The van der Waals surface area contributed by atoms with Crippen LogP contribution in [0.4, 0.5) is 5.69 Å². The molecule has 3 aromatic rings. The van der Waals surface area contributed by atoms with Crippen LogP contribution in [-0.4, -0.2) is 40.3 Å². The van der Waals surface area contributed by atoms with Gasteiger partial charge in [-0.05, 0) is 61.2 Å². The first-order chi connectivity index (χ1) is 13.9. The fourth-order valence-electron chi connectivity index (χ4n) is 2.91. The lowest BCUT2D eigenvalue weighted by Crippen LogP contribution is -2.29. The van der Waals surface area contributed by atoms with Crippen molar-refractivity contribution in [2.75, 3.05) is 18.9 Å². The summed E-state index contributed by atoms with van der Waals surface area (Å²) in [5, 5.41) is 2.90. The normalized spacial score (nSPS) is 10.4. The Morgan fingerprint density at radius 1 is 0.966 bits per heavy atom. The van der Waals surface area contributed by atoms with Gasteiger partial charge in [-0.2, -0.15) is 0 Å². The lowest BCUT2D eigenvalue weighted by molar-refractivity contribution is 0.0796. The number of carbonyl (C=O) groups excluding carboxylic acids is 2. The second-order valence-electron chi connectivity index (χ2n) is 7.07. The van der Waals surface area contributed by atoms with Gasteiger partial charge in [0.15, 0.2) is 0 Å². The maximum Gasteiger partial charge on any atom is 0.257 e. The first kappa shape index (κ1) is 20.2. The van der Waals surface area contributed by atoms with Crippen LogP contribution in [0.1, 0.15) is 37.4 Å². The summed E-state index contributed by atoms with van der Waals surface area (Å²) in [7, 11) is 1.74. The summed E-state index contributed by atoms with van der Waals surface area (Å²) >= 11 is 0. The summed E-state index contributed by atoms with van der Waals surface area (Å²) in [5.41, 5.74) is 4.62. The number of nitrogens with one attached hydrogen (secondary N) is 1. The van der Waals surface area contributed by atoms with Crippen LogP contribution in [0.5, 0.6) is 0 Å². The van der Waals surface area contributed by atoms with Crippen LogP contribution in [0.15, 0.2) is 61.2 Å². The SMILES string of the molecule is Cc1ccc(C)c(NC(=O)c2cncc(C(=O)N(C)CCc3ccncc3)c2)c1. The standard InChI is InChI=1S/C23H24N4O2/c1-16-4-5-17(2)21(12-16)26-22(28)19-13-20(15-25-14-19)23(29)27(3)11-8-18-6-9-24-10-7-18/h4-7,9-10,12-15H,8,11H2,1-3H3,(H,26,28). The molecule has 6 nitrogen and oxygen atoms in total. The van der Waals surface area contributed by atoms with Crippen molar-refractivity contribution >= 4 is 17.5 Å². The van der Waals surface area contributed by atoms with E-state index in [-0.39, 0.29) is 11.8 Å². The minimum atomic E-state index is -0.291. The van der Waals surface area contributed by atoms with Gasteiger partial charge < -0.3 is 10.2 Å². The smallest absolute Gasteiger partial charge is 0.257 e. The third kappa shape index (κ3) is 5.25. The van der Waals surface area contributed by atoms with Crippen LogP contribution in [-0.2, 0) is 6.42 Å². The van der Waals surface area contributed by atoms with Crippen molar-refractivity contribution in [2.45, 2.75) is 20.3 Å². The lowest BCUT2D eigenvalue weighted by Gasteiger charge is -2.17. The highest BCUT2D eigenvalue weighted by atomic mass is 16.2. The molecule has 0 unspecified atom stereocenters. The predicted octanol–water partition coefficient (Wildman–Crippen LogP) is 3.66. The summed E-state index contributed by atoms with van der Waals surface area (Å²) in [6.45, 7) is 4.46. The van der Waals surface area contributed by atoms with Crippen molar-refractivity contribution in [3.05, 3.63) is 89.0 Å². The number of hydrogen-bond donors (Lipinski definition) is 1. The zero-order valence-corrected chi connectivity index (χ0v) is 16.8. The van der Waals surface area contributed by atoms with Gasteiger partial charge in [-0.15, -0.1) is 0 Å². The second-order valence-corrected chi connectivity index (χ2v) is 7.07. The Labute approximate surface area is 170 Å². The molecular weight excluding hydrogens is 364 g/mol. The van der Waals surface area contributed by atoms with Crippen LogP contribution in [0, 0.1) is 13.8 Å². The van der Waals surface area contributed by atoms with E-state index in [4.69, 9.17) is 0 Å².